The number of hydrogen-bond acceptors (Lipinski definition) is 3. The van der Waals surface area contributed by atoms with E-state index in [1.54, 1.807) is 0 Å². The normalized spacial score (nSPS) is 13.7. The molecule has 0 saturated carbocycles. The number of thiazole rings is 1. The molecule has 1 rings (SSSR count). The third-order valence-corrected chi connectivity index (χ3v) is 4.73. The summed E-state index contributed by atoms with van der Waals surface area (Å²) in [5.74, 6) is 0. The van der Waals surface area contributed by atoms with Crippen LogP contribution in [0.4, 0.5) is 0 Å². The molecule has 1 aromatic heterocycles. The van der Waals surface area contributed by atoms with E-state index in [-0.39, 0.29) is 5.41 Å². The standard InChI is InChI=1S/C16H30N2S/c1-6-8-10-13(9-7-2)17-11-14-12-18-15(19-14)16(3,4)5/h12-13,17H,6-11H2,1-5H3. The molecule has 19 heavy (non-hydrogen) atoms. The van der Waals surface area contributed by atoms with Crippen LogP contribution >= 0.6 is 11.3 Å². The summed E-state index contributed by atoms with van der Waals surface area (Å²) in [6.45, 7) is 12.2. The van der Waals surface area contributed by atoms with Gasteiger partial charge in [0.2, 0.25) is 0 Å². The largest absolute Gasteiger partial charge is 0.309 e. The first kappa shape index (κ1) is 16.6. The zero-order valence-electron chi connectivity index (χ0n) is 13.3. The van der Waals surface area contributed by atoms with Gasteiger partial charge in [0.1, 0.15) is 0 Å². The van der Waals surface area contributed by atoms with Crippen molar-refractivity contribution in [1.82, 2.24) is 10.3 Å². The Balaban J connectivity index is 2.47. The molecule has 0 amide bonds. The third kappa shape index (κ3) is 6.05. The van der Waals surface area contributed by atoms with Gasteiger partial charge in [-0.05, 0) is 12.8 Å². The summed E-state index contributed by atoms with van der Waals surface area (Å²) in [6.07, 6.45) is 8.50. The Morgan fingerprint density at radius 2 is 1.95 bits per heavy atom. The first-order valence-electron chi connectivity index (χ1n) is 7.66. The Morgan fingerprint density at radius 1 is 1.21 bits per heavy atom. The Bertz CT molecular complexity index is 352. The minimum absolute atomic E-state index is 0.175. The van der Waals surface area contributed by atoms with E-state index >= 15 is 0 Å². The van der Waals surface area contributed by atoms with Crippen molar-refractivity contribution in [3.63, 3.8) is 0 Å². The second-order valence-electron chi connectivity index (χ2n) is 6.39. The molecular formula is C16H30N2S. The molecule has 2 nitrogen and oxygen atoms in total. The average Bonchev–Trinajstić information content (AvgIpc) is 2.81. The fraction of sp³-hybridized carbons (Fsp3) is 0.812. The van der Waals surface area contributed by atoms with Crippen molar-refractivity contribution in [3.05, 3.63) is 16.1 Å². The molecule has 0 saturated heterocycles. The number of hydrogen-bond donors (Lipinski definition) is 1. The predicted octanol–water partition coefficient (Wildman–Crippen LogP) is 4.89. The summed E-state index contributed by atoms with van der Waals surface area (Å²) in [5.41, 5.74) is 0.175. The molecule has 1 unspecified atom stereocenters. The highest BCUT2D eigenvalue weighted by molar-refractivity contribution is 7.11. The fourth-order valence-corrected chi connectivity index (χ4v) is 3.05. The van der Waals surface area contributed by atoms with E-state index in [1.165, 1.54) is 42.0 Å². The van der Waals surface area contributed by atoms with E-state index in [9.17, 15) is 0 Å². The van der Waals surface area contributed by atoms with Gasteiger partial charge in [-0.1, -0.05) is 53.9 Å². The van der Waals surface area contributed by atoms with Crippen LogP contribution in [0.5, 0.6) is 0 Å². The van der Waals surface area contributed by atoms with Crippen LogP contribution in [0.25, 0.3) is 0 Å². The molecule has 0 aliphatic rings. The quantitative estimate of drug-likeness (QED) is 0.734. The highest BCUT2D eigenvalue weighted by atomic mass is 32.1. The lowest BCUT2D eigenvalue weighted by molar-refractivity contribution is 0.435. The van der Waals surface area contributed by atoms with Gasteiger partial charge in [-0.2, -0.15) is 0 Å². The van der Waals surface area contributed by atoms with Gasteiger partial charge in [-0.3, -0.25) is 0 Å². The van der Waals surface area contributed by atoms with Crippen molar-refractivity contribution in [2.24, 2.45) is 0 Å². The van der Waals surface area contributed by atoms with Gasteiger partial charge in [-0.25, -0.2) is 4.98 Å². The van der Waals surface area contributed by atoms with Crippen LogP contribution in [0, 0.1) is 0 Å². The number of unbranched alkanes of at least 4 members (excludes halogenated alkanes) is 1. The van der Waals surface area contributed by atoms with E-state index in [4.69, 9.17) is 0 Å². The van der Waals surface area contributed by atoms with Crippen LogP contribution in [0.15, 0.2) is 6.20 Å². The smallest absolute Gasteiger partial charge is 0.0981 e. The van der Waals surface area contributed by atoms with Crippen molar-refractivity contribution in [3.8, 4) is 0 Å². The fourth-order valence-electron chi connectivity index (χ4n) is 2.13. The van der Waals surface area contributed by atoms with E-state index in [0.717, 1.165) is 6.54 Å². The van der Waals surface area contributed by atoms with Gasteiger partial charge in [0.05, 0.1) is 5.01 Å². The van der Waals surface area contributed by atoms with Crippen LogP contribution in [0.1, 0.15) is 76.6 Å². The van der Waals surface area contributed by atoms with Crippen LogP contribution in [0.3, 0.4) is 0 Å². The highest BCUT2D eigenvalue weighted by Gasteiger charge is 2.18. The third-order valence-electron chi connectivity index (χ3n) is 3.30. The summed E-state index contributed by atoms with van der Waals surface area (Å²) in [7, 11) is 0. The van der Waals surface area contributed by atoms with Gasteiger partial charge < -0.3 is 5.32 Å². The van der Waals surface area contributed by atoms with Crippen LogP contribution < -0.4 is 5.32 Å². The maximum absolute atomic E-state index is 4.55. The summed E-state index contributed by atoms with van der Waals surface area (Å²) in [6, 6.07) is 0.671. The number of rotatable bonds is 8. The predicted molar refractivity (Wildman–Crippen MR) is 85.9 cm³/mol. The first-order chi connectivity index (χ1) is 8.97. The Kier molecular flexibility index (Phi) is 7.01. The number of aromatic nitrogens is 1. The molecule has 1 heterocycles. The van der Waals surface area contributed by atoms with Crippen molar-refractivity contribution < 1.29 is 0 Å². The first-order valence-corrected chi connectivity index (χ1v) is 8.47. The van der Waals surface area contributed by atoms with Gasteiger partial charge in [0.15, 0.2) is 0 Å². The molecule has 110 valence electrons. The monoisotopic (exact) mass is 282 g/mol. The van der Waals surface area contributed by atoms with Gasteiger partial charge >= 0.3 is 0 Å². The van der Waals surface area contributed by atoms with Gasteiger partial charge in [0.25, 0.3) is 0 Å². The van der Waals surface area contributed by atoms with E-state index < -0.39 is 0 Å². The lowest BCUT2D eigenvalue weighted by Gasteiger charge is -2.17. The van der Waals surface area contributed by atoms with Crippen LogP contribution in [-0.4, -0.2) is 11.0 Å². The summed E-state index contributed by atoms with van der Waals surface area (Å²) in [5, 5.41) is 4.95. The molecule has 0 aliphatic heterocycles. The summed E-state index contributed by atoms with van der Waals surface area (Å²) < 4.78 is 0. The molecule has 1 aromatic rings. The van der Waals surface area contributed by atoms with Crippen LogP contribution in [0.2, 0.25) is 0 Å². The molecule has 1 atom stereocenters. The maximum Gasteiger partial charge on any atom is 0.0981 e. The molecular weight excluding hydrogens is 252 g/mol. The number of nitrogens with zero attached hydrogens (tertiary/aromatic N) is 1. The zero-order chi connectivity index (χ0) is 14.3. The highest BCUT2D eigenvalue weighted by Crippen LogP contribution is 2.26. The molecule has 1 N–H and O–H groups in total. The molecule has 3 heteroatoms. The zero-order valence-corrected chi connectivity index (χ0v) is 14.1. The van der Waals surface area contributed by atoms with E-state index in [2.05, 4.69) is 44.9 Å². The maximum atomic E-state index is 4.55. The lowest BCUT2D eigenvalue weighted by atomic mass is 9.98. The summed E-state index contributed by atoms with van der Waals surface area (Å²) >= 11 is 1.85. The Hall–Kier alpha value is -0.410. The lowest BCUT2D eigenvalue weighted by Crippen LogP contribution is -2.28. The van der Waals surface area contributed by atoms with E-state index in [1.807, 2.05) is 17.5 Å². The van der Waals surface area contributed by atoms with Gasteiger partial charge in [0, 0.05) is 29.1 Å². The Labute approximate surface area is 123 Å². The van der Waals surface area contributed by atoms with E-state index in [0.29, 0.717) is 6.04 Å². The van der Waals surface area contributed by atoms with Crippen molar-refractivity contribution in [2.45, 2.75) is 84.7 Å². The number of nitrogens with one attached hydrogen (secondary N) is 1. The molecule has 0 aliphatic carbocycles. The molecule has 0 aromatic carbocycles. The molecule has 0 radical (unpaired) electrons. The summed E-state index contributed by atoms with van der Waals surface area (Å²) in [4.78, 5) is 5.92. The van der Waals surface area contributed by atoms with Crippen molar-refractivity contribution in [1.29, 1.82) is 0 Å². The molecule has 0 bridgehead atoms. The van der Waals surface area contributed by atoms with Crippen LogP contribution in [-0.2, 0) is 12.0 Å². The van der Waals surface area contributed by atoms with Gasteiger partial charge in [-0.15, -0.1) is 11.3 Å². The Morgan fingerprint density at radius 3 is 2.47 bits per heavy atom. The average molecular weight is 282 g/mol. The minimum Gasteiger partial charge on any atom is -0.309 e. The SMILES string of the molecule is CCCCC(CCC)NCc1cnc(C(C)(C)C)s1. The van der Waals surface area contributed by atoms with Crippen molar-refractivity contribution >= 4 is 11.3 Å². The van der Waals surface area contributed by atoms with Crippen molar-refractivity contribution in [2.75, 3.05) is 0 Å². The second-order valence-corrected chi connectivity index (χ2v) is 7.51. The molecule has 0 fully saturated rings. The molecule has 0 spiro atoms. The minimum atomic E-state index is 0.175. The topological polar surface area (TPSA) is 24.9 Å². The second kappa shape index (κ2) is 8.01.